The largest absolute Gasteiger partial charge is 0.416 e. The molecule has 0 aromatic heterocycles. The lowest BCUT2D eigenvalue weighted by molar-refractivity contribution is -0.385. The maximum Gasteiger partial charge on any atom is 0.416 e. The number of rotatable bonds is 2. The van der Waals surface area contributed by atoms with Crippen LogP contribution in [0.25, 0.3) is 0 Å². The van der Waals surface area contributed by atoms with Crippen LogP contribution < -0.4 is 0 Å². The van der Waals surface area contributed by atoms with Crippen LogP contribution >= 0.6 is 0 Å². The van der Waals surface area contributed by atoms with E-state index in [2.05, 4.69) is 0 Å². The average Bonchev–Trinajstić information content (AvgIpc) is 2.13. The lowest BCUT2D eigenvalue weighted by atomic mass is 9.78. The lowest BCUT2D eigenvalue weighted by Crippen LogP contribution is -2.16. The summed E-state index contributed by atoms with van der Waals surface area (Å²) < 4.78 is 38.4. The van der Waals surface area contributed by atoms with Gasteiger partial charge in [-0.05, 0) is 24.3 Å². The molecule has 1 fully saturated rings. The minimum absolute atomic E-state index is 0.104. The van der Waals surface area contributed by atoms with Crippen LogP contribution in [0, 0.1) is 10.1 Å². The summed E-state index contributed by atoms with van der Waals surface area (Å²) in [5.41, 5.74) is -1.19. The summed E-state index contributed by atoms with van der Waals surface area (Å²) in [6.07, 6.45) is -2.17. The van der Waals surface area contributed by atoms with E-state index in [4.69, 9.17) is 0 Å². The van der Waals surface area contributed by atoms with Crippen LogP contribution in [-0.4, -0.2) is 4.92 Å². The molecule has 1 aromatic rings. The van der Waals surface area contributed by atoms with E-state index in [1.165, 1.54) is 6.07 Å². The molecule has 6 heteroatoms. The highest BCUT2D eigenvalue weighted by molar-refractivity contribution is 5.43. The zero-order valence-corrected chi connectivity index (χ0v) is 8.83. The predicted octanol–water partition coefficient (Wildman–Crippen LogP) is 3.88. The Morgan fingerprint density at radius 2 is 1.94 bits per heavy atom. The zero-order valence-electron chi connectivity index (χ0n) is 8.83. The fourth-order valence-corrected chi connectivity index (χ4v) is 1.98. The molecule has 0 bridgehead atoms. The van der Waals surface area contributed by atoms with Gasteiger partial charge in [0, 0.05) is 12.1 Å². The molecule has 2 rings (SSSR count). The van der Waals surface area contributed by atoms with E-state index in [-0.39, 0.29) is 11.5 Å². The van der Waals surface area contributed by atoms with E-state index in [1.807, 2.05) is 0 Å². The van der Waals surface area contributed by atoms with Gasteiger partial charge in [-0.3, -0.25) is 10.1 Å². The van der Waals surface area contributed by atoms with Crippen LogP contribution in [-0.2, 0) is 6.18 Å². The van der Waals surface area contributed by atoms with Gasteiger partial charge in [-0.15, -0.1) is 0 Å². The smallest absolute Gasteiger partial charge is 0.258 e. The molecule has 0 heterocycles. The number of nitrogens with zero attached hydrogens (tertiary/aromatic N) is 1. The molecular weight excluding hydrogens is 235 g/mol. The third kappa shape index (κ3) is 2.25. The predicted molar refractivity (Wildman–Crippen MR) is 54.7 cm³/mol. The second kappa shape index (κ2) is 4.01. The third-order valence-electron chi connectivity index (χ3n) is 3.10. The number of non-ortho nitro benzene ring substituents is 1. The average molecular weight is 245 g/mol. The number of hydrogen-bond acceptors (Lipinski definition) is 2. The van der Waals surface area contributed by atoms with Gasteiger partial charge in [0.05, 0.1) is 10.5 Å². The van der Waals surface area contributed by atoms with E-state index in [0.29, 0.717) is 6.07 Å². The molecule has 0 spiro atoms. The fourth-order valence-electron chi connectivity index (χ4n) is 1.98. The maximum absolute atomic E-state index is 12.8. The van der Waals surface area contributed by atoms with Gasteiger partial charge in [0.15, 0.2) is 0 Å². The van der Waals surface area contributed by atoms with E-state index < -0.39 is 22.4 Å². The highest BCUT2D eigenvalue weighted by Crippen LogP contribution is 2.44. The van der Waals surface area contributed by atoms with Gasteiger partial charge in [-0.1, -0.05) is 12.5 Å². The Morgan fingerprint density at radius 3 is 2.35 bits per heavy atom. The number of nitro benzene ring substituents is 1. The van der Waals surface area contributed by atoms with Gasteiger partial charge in [0.25, 0.3) is 5.69 Å². The summed E-state index contributed by atoms with van der Waals surface area (Å²) in [4.78, 5) is 9.68. The van der Waals surface area contributed by atoms with Crippen molar-refractivity contribution in [2.24, 2.45) is 0 Å². The van der Waals surface area contributed by atoms with Crippen LogP contribution in [0.5, 0.6) is 0 Å². The molecule has 0 amide bonds. The van der Waals surface area contributed by atoms with E-state index in [9.17, 15) is 23.3 Å². The van der Waals surface area contributed by atoms with Gasteiger partial charge in [-0.2, -0.15) is 13.2 Å². The van der Waals surface area contributed by atoms with Crippen LogP contribution in [0.15, 0.2) is 18.2 Å². The van der Waals surface area contributed by atoms with Crippen molar-refractivity contribution in [1.82, 2.24) is 0 Å². The van der Waals surface area contributed by atoms with Crippen LogP contribution in [0.3, 0.4) is 0 Å². The number of halogens is 3. The highest BCUT2D eigenvalue weighted by Gasteiger charge is 2.37. The first-order chi connectivity index (χ1) is 7.89. The van der Waals surface area contributed by atoms with Crippen molar-refractivity contribution in [3.05, 3.63) is 39.4 Å². The Hall–Kier alpha value is -1.59. The Labute approximate surface area is 95.4 Å². The van der Waals surface area contributed by atoms with Crippen molar-refractivity contribution in [2.45, 2.75) is 31.4 Å². The van der Waals surface area contributed by atoms with Crippen molar-refractivity contribution >= 4 is 5.69 Å². The molecule has 1 aliphatic rings. The van der Waals surface area contributed by atoms with Gasteiger partial charge in [0.2, 0.25) is 0 Å². The first-order valence-corrected chi connectivity index (χ1v) is 5.25. The van der Waals surface area contributed by atoms with Crippen LogP contribution in [0.4, 0.5) is 18.9 Å². The monoisotopic (exact) mass is 245 g/mol. The molecule has 1 aliphatic carbocycles. The summed E-state index contributed by atoms with van der Waals surface area (Å²) in [6, 6.07) is 3.02. The molecule has 0 aliphatic heterocycles. The van der Waals surface area contributed by atoms with Crippen molar-refractivity contribution < 1.29 is 18.1 Å². The molecule has 3 nitrogen and oxygen atoms in total. The fraction of sp³-hybridized carbons (Fsp3) is 0.455. The van der Waals surface area contributed by atoms with Crippen molar-refractivity contribution in [2.75, 3.05) is 0 Å². The van der Waals surface area contributed by atoms with Crippen molar-refractivity contribution in [3.63, 3.8) is 0 Å². The summed E-state index contributed by atoms with van der Waals surface area (Å²) in [5, 5.41) is 10.5. The van der Waals surface area contributed by atoms with Crippen LogP contribution in [0.1, 0.15) is 36.3 Å². The Balaban J connectivity index is 2.48. The lowest BCUT2D eigenvalue weighted by Gasteiger charge is -2.28. The normalized spacial score (nSPS) is 16.6. The quantitative estimate of drug-likeness (QED) is 0.586. The zero-order chi connectivity index (χ0) is 12.6. The second-order valence-corrected chi connectivity index (χ2v) is 4.15. The first kappa shape index (κ1) is 11.9. The van der Waals surface area contributed by atoms with Gasteiger partial charge in [-0.25, -0.2) is 0 Å². The molecule has 1 saturated carbocycles. The number of alkyl halides is 3. The summed E-state index contributed by atoms with van der Waals surface area (Å²) in [7, 11) is 0. The molecule has 0 unspecified atom stereocenters. The molecular formula is C11H10F3NO2. The van der Waals surface area contributed by atoms with Gasteiger partial charge in [0.1, 0.15) is 0 Å². The molecule has 92 valence electrons. The summed E-state index contributed by atoms with van der Waals surface area (Å²) in [5.74, 6) is -0.104. The molecule has 17 heavy (non-hydrogen) atoms. The maximum atomic E-state index is 12.8. The molecule has 0 radical (unpaired) electrons. The van der Waals surface area contributed by atoms with E-state index in [1.54, 1.807) is 0 Å². The number of hydrogen-bond donors (Lipinski definition) is 0. The third-order valence-corrected chi connectivity index (χ3v) is 3.10. The molecule has 0 saturated heterocycles. The summed E-state index contributed by atoms with van der Waals surface area (Å²) >= 11 is 0. The van der Waals surface area contributed by atoms with Crippen molar-refractivity contribution in [1.29, 1.82) is 0 Å². The Kier molecular flexibility index (Phi) is 2.81. The summed E-state index contributed by atoms with van der Waals surface area (Å²) in [6.45, 7) is 0. The Bertz CT molecular complexity index is 453. The SMILES string of the molecule is O=[N+]([O-])c1ccc(C2CCC2)c(C(F)(F)F)c1. The Morgan fingerprint density at radius 1 is 1.29 bits per heavy atom. The van der Waals surface area contributed by atoms with Crippen LogP contribution in [0.2, 0.25) is 0 Å². The minimum Gasteiger partial charge on any atom is -0.258 e. The van der Waals surface area contributed by atoms with Crippen molar-refractivity contribution in [3.8, 4) is 0 Å². The second-order valence-electron chi connectivity index (χ2n) is 4.15. The topological polar surface area (TPSA) is 43.1 Å². The van der Waals surface area contributed by atoms with Gasteiger partial charge >= 0.3 is 6.18 Å². The number of nitro groups is 1. The van der Waals surface area contributed by atoms with E-state index in [0.717, 1.165) is 25.3 Å². The van der Waals surface area contributed by atoms with Gasteiger partial charge < -0.3 is 0 Å². The molecule has 1 aromatic carbocycles. The van der Waals surface area contributed by atoms with E-state index >= 15 is 0 Å². The number of benzene rings is 1. The standard InChI is InChI=1S/C11H10F3NO2/c12-11(13,14)10-6-8(15(16)17)4-5-9(10)7-2-1-3-7/h4-7H,1-3H2. The highest BCUT2D eigenvalue weighted by atomic mass is 19.4. The molecule has 0 atom stereocenters. The molecule has 0 N–H and O–H groups in total. The first-order valence-electron chi connectivity index (χ1n) is 5.25. The minimum atomic E-state index is -4.53.